The Kier molecular flexibility index (Phi) is 4.45. The zero-order chi connectivity index (χ0) is 14.7. The van der Waals surface area contributed by atoms with Crippen LogP contribution in [0.4, 0.5) is 0 Å². The van der Waals surface area contributed by atoms with Gasteiger partial charge in [-0.15, -0.1) is 0 Å². The first-order valence-electron chi connectivity index (χ1n) is 6.71. The summed E-state index contributed by atoms with van der Waals surface area (Å²) in [5, 5.41) is 7.94. The quantitative estimate of drug-likeness (QED) is 0.940. The maximum absolute atomic E-state index is 12.2. The number of hydrogen-bond acceptors (Lipinski definition) is 2. The second-order valence-corrected chi connectivity index (χ2v) is 4.89. The first-order chi connectivity index (χ1) is 9.60. The van der Waals surface area contributed by atoms with E-state index in [4.69, 9.17) is 11.6 Å². The fourth-order valence-corrected chi connectivity index (χ4v) is 2.48. The number of nitrogens with zero attached hydrogens (tertiary/aromatic N) is 2. The van der Waals surface area contributed by atoms with E-state index in [1.165, 1.54) is 0 Å². The lowest BCUT2D eigenvalue weighted by Gasteiger charge is -2.09. The van der Waals surface area contributed by atoms with Gasteiger partial charge in [0.25, 0.3) is 5.91 Å². The van der Waals surface area contributed by atoms with Gasteiger partial charge in [-0.1, -0.05) is 30.7 Å². The number of nitrogens with one attached hydrogen (secondary N) is 1. The molecule has 1 amide bonds. The average molecular weight is 292 g/mol. The fraction of sp³-hybridized carbons (Fsp3) is 0.333. The number of halogens is 1. The van der Waals surface area contributed by atoms with Gasteiger partial charge < -0.3 is 5.32 Å². The summed E-state index contributed by atoms with van der Waals surface area (Å²) in [5.41, 5.74) is 3.04. The zero-order valence-corrected chi connectivity index (χ0v) is 12.7. The van der Waals surface area contributed by atoms with Gasteiger partial charge in [-0.2, -0.15) is 5.10 Å². The van der Waals surface area contributed by atoms with Crippen molar-refractivity contribution in [3.05, 3.63) is 46.2 Å². The Labute approximate surface area is 123 Å². The number of carbonyl (C=O) groups excluding carboxylic acids is 1. The molecule has 5 heteroatoms. The molecular formula is C15H18ClN3O. The van der Waals surface area contributed by atoms with Gasteiger partial charge in [-0.05, 0) is 32.4 Å². The molecule has 0 bridgehead atoms. The largest absolute Gasteiger partial charge is 0.352 e. The van der Waals surface area contributed by atoms with Crippen molar-refractivity contribution < 1.29 is 4.79 Å². The van der Waals surface area contributed by atoms with Crippen LogP contribution in [0, 0.1) is 6.92 Å². The zero-order valence-electron chi connectivity index (χ0n) is 11.9. The molecule has 0 radical (unpaired) electrons. The van der Waals surface area contributed by atoms with Crippen molar-refractivity contribution in [2.75, 3.05) is 6.54 Å². The van der Waals surface area contributed by atoms with Crippen molar-refractivity contribution in [3.8, 4) is 5.69 Å². The minimum absolute atomic E-state index is 0.0832. The summed E-state index contributed by atoms with van der Waals surface area (Å²) >= 11 is 6.23. The van der Waals surface area contributed by atoms with E-state index in [-0.39, 0.29) is 5.91 Å². The van der Waals surface area contributed by atoms with Crippen LogP contribution in [0.1, 0.15) is 35.6 Å². The number of hydrogen-bond donors (Lipinski definition) is 1. The van der Waals surface area contributed by atoms with Gasteiger partial charge >= 0.3 is 0 Å². The lowest BCUT2D eigenvalue weighted by atomic mass is 10.1. The van der Waals surface area contributed by atoms with Crippen LogP contribution in [0.3, 0.4) is 0 Å². The van der Waals surface area contributed by atoms with Gasteiger partial charge in [0.2, 0.25) is 0 Å². The third-order valence-electron chi connectivity index (χ3n) is 3.14. The maximum atomic E-state index is 12.2. The monoisotopic (exact) mass is 291 g/mol. The maximum Gasteiger partial charge on any atom is 0.255 e. The van der Waals surface area contributed by atoms with Crippen LogP contribution in [-0.2, 0) is 6.42 Å². The van der Waals surface area contributed by atoms with E-state index in [1.54, 1.807) is 4.68 Å². The van der Waals surface area contributed by atoms with Crippen molar-refractivity contribution in [1.82, 2.24) is 15.1 Å². The predicted octanol–water partition coefficient (Wildman–Crippen LogP) is 3.15. The van der Waals surface area contributed by atoms with E-state index in [0.717, 1.165) is 11.4 Å². The molecule has 1 aromatic carbocycles. The van der Waals surface area contributed by atoms with Gasteiger partial charge in [0.05, 0.1) is 27.7 Å². The summed E-state index contributed by atoms with van der Waals surface area (Å²) in [5.74, 6) is -0.0832. The molecule has 0 spiro atoms. The molecule has 0 aliphatic carbocycles. The van der Waals surface area contributed by atoms with Crippen LogP contribution in [0.2, 0.25) is 5.02 Å². The van der Waals surface area contributed by atoms with E-state index < -0.39 is 0 Å². The van der Waals surface area contributed by atoms with Crippen LogP contribution in [0.5, 0.6) is 0 Å². The van der Waals surface area contributed by atoms with Crippen LogP contribution in [-0.4, -0.2) is 22.2 Å². The highest BCUT2D eigenvalue weighted by Crippen LogP contribution is 2.24. The SMILES string of the molecule is CCNC(=O)c1c(C)nn(-c2ccccc2Cl)c1CC. The predicted molar refractivity (Wildman–Crippen MR) is 80.7 cm³/mol. The molecule has 2 rings (SSSR count). The average Bonchev–Trinajstić information content (AvgIpc) is 2.76. The summed E-state index contributed by atoms with van der Waals surface area (Å²) in [4.78, 5) is 12.2. The normalized spacial score (nSPS) is 10.6. The first kappa shape index (κ1) is 14.6. The van der Waals surface area contributed by atoms with E-state index in [1.807, 2.05) is 45.0 Å². The summed E-state index contributed by atoms with van der Waals surface area (Å²) in [6, 6.07) is 7.50. The molecule has 0 aliphatic heterocycles. The number of carbonyl (C=O) groups is 1. The first-order valence-corrected chi connectivity index (χ1v) is 7.09. The smallest absolute Gasteiger partial charge is 0.255 e. The third-order valence-corrected chi connectivity index (χ3v) is 3.46. The molecule has 0 saturated heterocycles. The summed E-state index contributed by atoms with van der Waals surface area (Å²) in [6.45, 7) is 6.35. The van der Waals surface area contributed by atoms with E-state index in [9.17, 15) is 4.79 Å². The van der Waals surface area contributed by atoms with Gasteiger partial charge in [0.1, 0.15) is 0 Å². The van der Waals surface area contributed by atoms with Crippen molar-refractivity contribution in [2.24, 2.45) is 0 Å². The van der Waals surface area contributed by atoms with E-state index in [0.29, 0.717) is 29.2 Å². The Balaban J connectivity index is 2.59. The molecule has 1 heterocycles. The molecule has 2 aromatic rings. The molecule has 0 atom stereocenters. The van der Waals surface area contributed by atoms with Gasteiger partial charge in [-0.25, -0.2) is 4.68 Å². The second kappa shape index (κ2) is 6.09. The number of aromatic nitrogens is 2. The molecular weight excluding hydrogens is 274 g/mol. The molecule has 0 fully saturated rings. The molecule has 106 valence electrons. The number of benzene rings is 1. The molecule has 0 aliphatic rings. The van der Waals surface area contributed by atoms with E-state index >= 15 is 0 Å². The number of rotatable bonds is 4. The third kappa shape index (κ3) is 2.56. The molecule has 1 N–H and O–H groups in total. The van der Waals surface area contributed by atoms with Gasteiger partial charge in [0.15, 0.2) is 0 Å². The highest BCUT2D eigenvalue weighted by atomic mass is 35.5. The van der Waals surface area contributed by atoms with Crippen LogP contribution < -0.4 is 5.32 Å². The minimum Gasteiger partial charge on any atom is -0.352 e. The second-order valence-electron chi connectivity index (χ2n) is 4.48. The van der Waals surface area contributed by atoms with Crippen molar-refractivity contribution in [2.45, 2.75) is 27.2 Å². The standard InChI is InChI=1S/C15H18ClN3O/c1-4-12-14(15(20)17-5-2)10(3)18-19(12)13-9-7-6-8-11(13)16/h6-9H,4-5H2,1-3H3,(H,17,20). The minimum atomic E-state index is -0.0832. The highest BCUT2D eigenvalue weighted by Gasteiger charge is 2.21. The summed E-state index contributed by atoms with van der Waals surface area (Å²) < 4.78 is 1.77. The van der Waals surface area contributed by atoms with Crippen molar-refractivity contribution in [3.63, 3.8) is 0 Å². The molecule has 4 nitrogen and oxygen atoms in total. The summed E-state index contributed by atoms with van der Waals surface area (Å²) in [6.07, 6.45) is 0.707. The van der Waals surface area contributed by atoms with Gasteiger partial charge in [-0.3, -0.25) is 4.79 Å². The van der Waals surface area contributed by atoms with Crippen molar-refractivity contribution in [1.29, 1.82) is 0 Å². The highest BCUT2D eigenvalue weighted by molar-refractivity contribution is 6.32. The molecule has 0 unspecified atom stereocenters. The summed E-state index contributed by atoms with van der Waals surface area (Å²) in [7, 11) is 0. The Hall–Kier alpha value is -1.81. The van der Waals surface area contributed by atoms with Crippen LogP contribution in [0.15, 0.2) is 24.3 Å². The Morgan fingerprint density at radius 3 is 2.65 bits per heavy atom. The van der Waals surface area contributed by atoms with Crippen LogP contribution in [0.25, 0.3) is 5.69 Å². The van der Waals surface area contributed by atoms with Gasteiger partial charge in [0, 0.05) is 6.54 Å². The number of amides is 1. The lowest BCUT2D eigenvalue weighted by molar-refractivity contribution is 0.0954. The Morgan fingerprint density at radius 1 is 1.35 bits per heavy atom. The fourth-order valence-electron chi connectivity index (χ4n) is 2.27. The molecule has 20 heavy (non-hydrogen) atoms. The lowest BCUT2D eigenvalue weighted by Crippen LogP contribution is -2.24. The van der Waals surface area contributed by atoms with Crippen LogP contribution >= 0.6 is 11.6 Å². The number of aryl methyl sites for hydroxylation is 1. The Morgan fingerprint density at radius 2 is 2.05 bits per heavy atom. The number of para-hydroxylation sites is 1. The van der Waals surface area contributed by atoms with E-state index in [2.05, 4.69) is 10.4 Å². The molecule has 1 aromatic heterocycles. The topological polar surface area (TPSA) is 46.9 Å². The van der Waals surface area contributed by atoms with Crippen molar-refractivity contribution >= 4 is 17.5 Å². The Bertz CT molecular complexity index is 634. The molecule has 0 saturated carbocycles.